The van der Waals surface area contributed by atoms with Gasteiger partial charge in [-0.1, -0.05) is 18.2 Å². The van der Waals surface area contributed by atoms with Gasteiger partial charge in [-0.25, -0.2) is 4.98 Å². The molecule has 0 aliphatic rings. The zero-order chi connectivity index (χ0) is 10.4. The number of aromatic nitrogens is 2. The van der Waals surface area contributed by atoms with Crippen molar-refractivity contribution < 1.29 is 4.98 Å². The predicted octanol–water partition coefficient (Wildman–Crippen LogP) is 2.03. The van der Waals surface area contributed by atoms with Gasteiger partial charge < -0.3 is 4.98 Å². The Hall–Kier alpha value is -2.03. The molecule has 0 radical (unpaired) electrons. The highest BCUT2D eigenvalue weighted by Gasteiger charge is 2.10. The minimum absolute atomic E-state index is 0.687. The molecule has 0 unspecified atom stereocenters. The zero-order valence-electron chi connectivity index (χ0n) is 8.46. The summed E-state index contributed by atoms with van der Waals surface area (Å²) in [4.78, 5) is 6.51. The second-order valence-electron chi connectivity index (χ2n) is 3.81. The summed E-state index contributed by atoms with van der Waals surface area (Å²) in [5.74, 6) is 0.687. The molecule has 3 rings (SSSR count). The quantitative estimate of drug-likeness (QED) is 0.570. The van der Waals surface area contributed by atoms with Gasteiger partial charge in [0.25, 0.3) is 5.82 Å². The number of nitrogens with two attached hydrogens (primary N) is 1. The van der Waals surface area contributed by atoms with Crippen LogP contribution in [0.5, 0.6) is 0 Å². The van der Waals surface area contributed by atoms with Crippen LogP contribution in [0.15, 0.2) is 30.3 Å². The van der Waals surface area contributed by atoms with E-state index >= 15 is 0 Å². The van der Waals surface area contributed by atoms with E-state index in [9.17, 15) is 0 Å². The van der Waals surface area contributed by atoms with E-state index in [-0.39, 0.29) is 0 Å². The number of hydrogen-bond donors (Lipinski definition) is 2. The van der Waals surface area contributed by atoms with Crippen molar-refractivity contribution in [3.63, 3.8) is 0 Å². The van der Waals surface area contributed by atoms with Gasteiger partial charge >= 0.3 is 0 Å². The third-order valence-corrected chi connectivity index (χ3v) is 2.74. The summed E-state index contributed by atoms with van der Waals surface area (Å²) in [5, 5.41) is 2.46. The molecule has 0 atom stereocenters. The van der Waals surface area contributed by atoms with Crippen LogP contribution in [-0.2, 0) is 0 Å². The van der Waals surface area contributed by atoms with Crippen LogP contribution in [-0.4, -0.2) is 4.98 Å². The smallest absolute Gasteiger partial charge is 0.272 e. The molecule has 15 heavy (non-hydrogen) atoms. The summed E-state index contributed by atoms with van der Waals surface area (Å²) in [6.07, 6.45) is 0. The Labute approximate surface area is 86.9 Å². The fourth-order valence-corrected chi connectivity index (χ4v) is 2.15. The maximum Gasteiger partial charge on any atom is 0.272 e. The van der Waals surface area contributed by atoms with Crippen LogP contribution in [0.25, 0.3) is 21.8 Å². The topological polar surface area (TPSA) is 55.9 Å². The highest BCUT2D eigenvalue weighted by molar-refractivity contribution is 6.08. The van der Waals surface area contributed by atoms with Crippen molar-refractivity contribution in [2.75, 3.05) is 5.73 Å². The highest BCUT2D eigenvalue weighted by Crippen LogP contribution is 2.26. The maximum atomic E-state index is 5.77. The molecular weight excluding hydrogens is 186 g/mol. The summed E-state index contributed by atoms with van der Waals surface area (Å²) in [5.41, 5.74) is 9.11. The fraction of sp³-hybridized carbons (Fsp3) is 0.0833. The Kier molecular flexibility index (Phi) is 1.51. The molecule has 74 valence electrons. The minimum Gasteiger partial charge on any atom is -0.354 e. The standard InChI is InChI=1S/C12H11N3/c1-7-12-8-4-2-3-5-9(8)15-10(12)6-11(13)14-7/h2-6,15H,1H3,(H2,13,14)/p+1. The van der Waals surface area contributed by atoms with E-state index in [4.69, 9.17) is 5.73 Å². The number of nitrogen functional groups attached to an aromatic ring is 1. The molecule has 0 spiro atoms. The number of aromatic amines is 2. The normalized spacial score (nSPS) is 11.3. The average Bonchev–Trinajstić information content (AvgIpc) is 2.54. The van der Waals surface area contributed by atoms with Gasteiger partial charge in [0.1, 0.15) is 5.69 Å². The van der Waals surface area contributed by atoms with Gasteiger partial charge in [-0.3, -0.25) is 5.73 Å². The molecule has 0 aliphatic heterocycles. The largest absolute Gasteiger partial charge is 0.354 e. The number of aryl methyl sites for hydroxylation is 1. The minimum atomic E-state index is 0.687. The van der Waals surface area contributed by atoms with Crippen molar-refractivity contribution >= 4 is 27.6 Å². The van der Waals surface area contributed by atoms with E-state index in [1.807, 2.05) is 25.1 Å². The van der Waals surface area contributed by atoms with Crippen LogP contribution in [0.3, 0.4) is 0 Å². The monoisotopic (exact) mass is 198 g/mol. The molecule has 0 saturated carbocycles. The summed E-state index contributed by atoms with van der Waals surface area (Å²) in [7, 11) is 0. The maximum absolute atomic E-state index is 5.77. The van der Waals surface area contributed by atoms with Gasteiger partial charge in [0.15, 0.2) is 0 Å². The molecule has 1 aromatic carbocycles. The number of para-hydroxylation sites is 1. The first-order valence-corrected chi connectivity index (χ1v) is 4.94. The molecule has 3 heteroatoms. The fourth-order valence-electron chi connectivity index (χ4n) is 2.15. The number of anilines is 1. The van der Waals surface area contributed by atoms with E-state index in [0.29, 0.717) is 5.82 Å². The van der Waals surface area contributed by atoms with Gasteiger partial charge in [0.2, 0.25) is 0 Å². The van der Waals surface area contributed by atoms with Gasteiger partial charge in [-0.15, -0.1) is 0 Å². The number of hydrogen-bond acceptors (Lipinski definition) is 1. The summed E-state index contributed by atoms with van der Waals surface area (Å²) < 4.78 is 0. The Morgan fingerprint density at radius 3 is 2.87 bits per heavy atom. The number of nitrogens with one attached hydrogen (secondary N) is 2. The number of benzene rings is 1. The van der Waals surface area contributed by atoms with Crippen molar-refractivity contribution in [3.8, 4) is 0 Å². The average molecular weight is 198 g/mol. The molecular formula is C12H12N3+. The number of fused-ring (bicyclic) bond motifs is 3. The third-order valence-electron chi connectivity index (χ3n) is 2.74. The van der Waals surface area contributed by atoms with Crippen LogP contribution in [0.4, 0.5) is 5.82 Å². The molecule has 2 aromatic heterocycles. The first-order valence-electron chi connectivity index (χ1n) is 4.94. The lowest BCUT2D eigenvalue weighted by Gasteiger charge is -1.94. The molecule has 0 bridgehead atoms. The van der Waals surface area contributed by atoms with Crippen LogP contribution >= 0.6 is 0 Å². The molecule has 3 nitrogen and oxygen atoms in total. The number of rotatable bonds is 0. The summed E-state index contributed by atoms with van der Waals surface area (Å²) in [6, 6.07) is 10.2. The molecule has 4 N–H and O–H groups in total. The lowest BCUT2D eigenvalue weighted by Crippen LogP contribution is -2.13. The molecule has 0 amide bonds. The summed E-state index contributed by atoms with van der Waals surface area (Å²) >= 11 is 0. The van der Waals surface area contributed by atoms with Crippen LogP contribution in [0.2, 0.25) is 0 Å². The zero-order valence-corrected chi connectivity index (χ0v) is 8.46. The van der Waals surface area contributed by atoms with Crippen molar-refractivity contribution in [2.45, 2.75) is 6.92 Å². The molecule has 3 aromatic rings. The van der Waals surface area contributed by atoms with Crippen LogP contribution < -0.4 is 10.7 Å². The van der Waals surface area contributed by atoms with E-state index in [1.54, 1.807) is 0 Å². The van der Waals surface area contributed by atoms with Crippen LogP contribution in [0, 0.1) is 6.92 Å². The van der Waals surface area contributed by atoms with Crippen molar-refractivity contribution in [1.82, 2.24) is 4.98 Å². The van der Waals surface area contributed by atoms with Gasteiger partial charge in [0, 0.05) is 16.3 Å². The Bertz CT molecular complexity index is 652. The Morgan fingerprint density at radius 1 is 1.20 bits per heavy atom. The predicted molar refractivity (Wildman–Crippen MR) is 61.5 cm³/mol. The van der Waals surface area contributed by atoms with Crippen molar-refractivity contribution in [1.29, 1.82) is 0 Å². The third kappa shape index (κ3) is 1.09. The van der Waals surface area contributed by atoms with E-state index in [1.165, 1.54) is 10.8 Å². The van der Waals surface area contributed by atoms with Crippen LogP contribution in [0.1, 0.15) is 5.69 Å². The first-order chi connectivity index (χ1) is 7.25. The lowest BCUT2D eigenvalue weighted by atomic mass is 10.1. The van der Waals surface area contributed by atoms with E-state index in [2.05, 4.69) is 22.1 Å². The molecule has 0 fully saturated rings. The first kappa shape index (κ1) is 8.29. The molecule has 0 saturated heterocycles. The number of H-pyrrole nitrogens is 2. The van der Waals surface area contributed by atoms with E-state index < -0.39 is 0 Å². The SMILES string of the molecule is Cc1[nH+]c(N)cc2[nH]c3ccccc3c12. The Morgan fingerprint density at radius 2 is 2.00 bits per heavy atom. The molecule has 2 heterocycles. The van der Waals surface area contributed by atoms with Gasteiger partial charge in [-0.05, 0) is 13.0 Å². The molecule has 0 aliphatic carbocycles. The second-order valence-corrected chi connectivity index (χ2v) is 3.81. The lowest BCUT2D eigenvalue weighted by molar-refractivity contribution is -0.367. The summed E-state index contributed by atoms with van der Waals surface area (Å²) in [6.45, 7) is 2.04. The van der Waals surface area contributed by atoms with Gasteiger partial charge in [0.05, 0.1) is 11.6 Å². The van der Waals surface area contributed by atoms with E-state index in [0.717, 1.165) is 16.7 Å². The Balaban J connectivity index is 2.61. The second kappa shape index (κ2) is 2.73. The highest BCUT2D eigenvalue weighted by atomic mass is 14.9. The number of pyridine rings is 1. The van der Waals surface area contributed by atoms with Crippen molar-refractivity contribution in [2.24, 2.45) is 0 Å². The van der Waals surface area contributed by atoms with Gasteiger partial charge in [-0.2, -0.15) is 0 Å². The van der Waals surface area contributed by atoms with Crippen molar-refractivity contribution in [3.05, 3.63) is 36.0 Å².